The number of hydrogen-bond acceptors (Lipinski definition) is 5. The molecule has 0 saturated carbocycles. The van der Waals surface area contributed by atoms with Gasteiger partial charge in [-0.15, -0.1) is 0 Å². The molecule has 0 aliphatic heterocycles. The average Bonchev–Trinajstić information content (AvgIpc) is 2.81. The highest BCUT2D eigenvalue weighted by molar-refractivity contribution is 7.89. The number of rotatable bonds is 6. The monoisotopic (exact) mass is 309 g/mol. The van der Waals surface area contributed by atoms with Gasteiger partial charge in [-0.1, -0.05) is 0 Å². The minimum Gasteiger partial charge on any atom is -0.316 e. The number of sulfonamides is 1. The summed E-state index contributed by atoms with van der Waals surface area (Å²) in [6.07, 6.45) is 3.34. The second-order valence-corrected chi connectivity index (χ2v) is 6.47. The van der Waals surface area contributed by atoms with Crippen LogP contribution >= 0.6 is 0 Å². The number of hydrogen-bond donors (Lipinski definition) is 3. The molecule has 3 N–H and O–H groups in total. The fraction of sp³-hybridized carbons (Fsp3) is 0.385. The minimum absolute atomic E-state index is 0.0426. The number of aromatic amines is 1. The Hall–Kier alpha value is -1.77. The van der Waals surface area contributed by atoms with Crippen LogP contribution in [0.25, 0.3) is 0 Å². The number of pyridine rings is 1. The van der Waals surface area contributed by atoms with Crippen LogP contribution in [0.5, 0.6) is 0 Å². The van der Waals surface area contributed by atoms with Gasteiger partial charge in [0.15, 0.2) is 5.03 Å². The van der Waals surface area contributed by atoms with Gasteiger partial charge in [0.05, 0.1) is 0 Å². The molecular formula is C13H19N5O2S. The van der Waals surface area contributed by atoms with Crippen molar-refractivity contribution in [1.82, 2.24) is 25.2 Å². The molecule has 0 saturated heterocycles. The Kier molecular flexibility index (Phi) is 4.71. The van der Waals surface area contributed by atoms with E-state index < -0.39 is 10.0 Å². The van der Waals surface area contributed by atoms with Gasteiger partial charge in [-0.25, -0.2) is 13.1 Å². The van der Waals surface area contributed by atoms with Crippen LogP contribution in [0, 0.1) is 13.8 Å². The van der Waals surface area contributed by atoms with Crippen molar-refractivity contribution in [1.29, 1.82) is 0 Å². The third kappa shape index (κ3) is 3.46. The molecule has 114 valence electrons. The molecule has 0 unspecified atom stereocenters. The molecule has 0 spiro atoms. The predicted octanol–water partition coefficient (Wildman–Crippen LogP) is 0.619. The highest BCUT2D eigenvalue weighted by Crippen LogP contribution is 2.16. The first-order chi connectivity index (χ1) is 9.95. The van der Waals surface area contributed by atoms with Crippen LogP contribution < -0.4 is 10.0 Å². The SMILES string of the molecule is CNCc1c(S(=O)(=O)NCc2ccncc2C)n[nH]c1C. The second kappa shape index (κ2) is 6.33. The van der Waals surface area contributed by atoms with Crippen molar-refractivity contribution < 1.29 is 8.42 Å². The van der Waals surface area contributed by atoms with Gasteiger partial charge >= 0.3 is 0 Å². The van der Waals surface area contributed by atoms with E-state index in [2.05, 4.69) is 25.2 Å². The first kappa shape index (κ1) is 15.6. The summed E-state index contributed by atoms with van der Waals surface area (Å²) >= 11 is 0. The van der Waals surface area contributed by atoms with Gasteiger partial charge in [0.2, 0.25) is 0 Å². The summed E-state index contributed by atoms with van der Waals surface area (Å²) in [6.45, 7) is 4.34. The Labute approximate surface area is 124 Å². The summed E-state index contributed by atoms with van der Waals surface area (Å²) in [5.41, 5.74) is 3.21. The van der Waals surface area contributed by atoms with Crippen LogP contribution in [-0.2, 0) is 23.1 Å². The van der Waals surface area contributed by atoms with Crippen molar-refractivity contribution in [2.75, 3.05) is 7.05 Å². The lowest BCUT2D eigenvalue weighted by Gasteiger charge is -2.08. The van der Waals surface area contributed by atoms with Crippen molar-refractivity contribution in [2.45, 2.75) is 32.0 Å². The highest BCUT2D eigenvalue weighted by Gasteiger charge is 2.23. The molecule has 0 atom stereocenters. The van der Waals surface area contributed by atoms with E-state index in [9.17, 15) is 8.42 Å². The molecule has 0 radical (unpaired) electrons. The lowest BCUT2D eigenvalue weighted by atomic mass is 10.2. The van der Waals surface area contributed by atoms with Crippen LogP contribution in [0.3, 0.4) is 0 Å². The van der Waals surface area contributed by atoms with Gasteiger partial charge in [0.25, 0.3) is 10.0 Å². The number of aryl methyl sites for hydroxylation is 2. The third-order valence-electron chi connectivity index (χ3n) is 3.23. The molecule has 0 aromatic carbocycles. The summed E-state index contributed by atoms with van der Waals surface area (Å²) in [7, 11) is -1.90. The zero-order chi connectivity index (χ0) is 15.5. The maximum Gasteiger partial charge on any atom is 0.260 e. The molecule has 0 bridgehead atoms. The van der Waals surface area contributed by atoms with E-state index in [-0.39, 0.29) is 11.6 Å². The predicted molar refractivity (Wildman–Crippen MR) is 79.1 cm³/mol. The molecule has 8 heteroatoms. The van der Waals surface area contributed by atoms with Crippen LogP contribution in [0.1, 0.15) is 22.4 Å². The smallest absolute Gasteiger partial charge is 0.260 e. The molecular weight excluding hydrogens is 290 g/mol. The molecule has 2 aromatic heterocycles. The van der Waals surface area contributed by atoms with E-state index in [4.69, 9.17) is 0 Å². The molecule has 0 amide bonds. The van der Waals surface area contributed by atoms with Gasteiger partial charge in [0, 0.05) is 36.7 Å². The van der Waals surface area contributed by atoms with Crippen molar-refractivity contribution in [3.8, 4) is 0 Å². The second-order valence-electron chi connectivity index (χ2n) is 4.79. The van der Waals surface area contributed by atoms with Crippen LogP contribution in [0.2, 0.25) is 0 Å². The normalized spacial score (nSPS) is 11.8. The zero-order valence-electron chi connectivity index (χ0n) is 12.3. The Bertz CT molecular complexity index is 724. The fourth-order valence-electron chi connectivity index (χ4n) is 1.98. The van der Waals surface area contributed by atoms with Crippen LogP contribution in [0.4, 0.5) is 0 Å². The van der Waals surface area contributed by atoms with E-state index in [1.807, 2.05) is 6.92 Å². The summed E-state index contributed by atoms with van der Waals surface area (Å²) < 4.78 is 27.4. The van der Waals surface area contributed by atoms with Gasteiger partial charge in [-0.2, -0.15) is 5.10 Å². The minimum atomic E-state index is -3.66. The standard InChI is InChI=1S/C13H19N5O2S/c1-9-6-15-5-4-11(9)7-16-21(19,20)13-12(8-14-3)10(2)17-18-13/h4-6,14,16H,7-8H2,1-3H3,(H,17,18). The number of nitrogens with one attached hydrogen (secondary N) is 3. The largest absolute Gasteiger partial charge is 0.316 e. The van der Waals surface area contributed by atoms with Crippen LogP contribution in [0.15, 0.2) is 23.5 Å². The van der Waals surface area contributed by atoms with Gasteiger partial charge in [-0.05, 0) is 38.1 Å². The molecule has 0 fully saturated rings. The lowest BCUT2D eigenvalue weighted by molar-refractivity contribution is 0.574. The summed E-state index contributed by atoms with van der Waals surface area (Å²) in [5, 5.41) is 9.62. The van der Waals surface area contributed by atoms with E-state index in [0.717, 1.165) is 16.8 Å². The number of nitrogens with zero attached hydrogens (tertiary/aromatic N) is 2. The first-order valence-electron chi connectivity index (χ1n) is 6.53. The molecule has 21 heavy (non-hydrogen) atoms. The molecule has 2 aromatic rings. The lowest BCUT2D eigenvalue weighted by Crippen LogP contribution is -2.25. The Morgan fingerprint density at radius 3 is 2.71 bits per heavy atom. The molecule has 2 heterocycles. The Morgan fingerprint density at radius 1 is 1.29 bits per heavy atom. The Balaban J connectivity index is 2.21. The maximum atomic E-state index is 12.4. The quantitative estimate of drug-likeness (QED) is 0.726. The number of aromatic nitrogens is 3. The first-order valence-corrected chi connectivity index (χ1v) is 8.01. The van der Waals surface area contributed by atoms with Crippen LogP contribution in [-0.4, -0.2) is 30.6 Å². The van der Waals surface area contributed by atoms with Crippen molar-refractivity contribution in [3.63, 3.8) is 0 Å². The van der Waals surface area contributed by atoms with E-state index in [0.29, 0.717) is 12.1 Å². The molecule has 0 aliphatic rings. The zero-order valence-corrected chi connectivity index (χ0v) is 13.1. The van der Waals surface area contributed by atoms with E-state index in [1.165, 1.54) is 0 Å². The number of H-pyrrole nitrogens is 1. The van der Waals surface area contributed by atoms with Crippen molar-refractivity contribution in [2.24, 2.45) is 0 Å². The Morgan fingerprint density at radius 2 is 2.05 bits per heavy atom. The fourth-order valence-corrected chi connectivity index (χ4v) is 3.18. The maximum absolute atomic E-state index is 12.4. The summed E-state index contributed by atoms with van der Waals surface area (Å²) in [5.74, 6) is 0. The van der Waals surface area contributed by atoms with Crippen molar-refractivity contribution >= 4 is 10.0 Å². The summed E-state index contributed by atoms with van der Waals surface area (Å²) in [4.78, 5) is 3.99. The summed E-state index contributed by atoms with van der Waals surface area (Å²) in [6, 6.07) is 1.79. The molecule has 7 nitrogen and oxygen atoms in total. The molecule has 0 aliphatic carbocycles. The van der Waals surface area contributed by atoms with E-state index in [1.54, 1.807) is 32.4 Å². The van der Waals surface area contributed by atoms with Crippen molar-refractivity contribution in [3.05, 3.63) is 40.8 Å². The van der Waals surface area contributed by atoms with Gasteiger partial charge in [0.1, 0.15) is 0 Å². The van der Waals surface area contributed by atoms with E-state index >= 15 is 0 Å². The van der Waals surface area contributed by atoms with Gasteiger partial charge in [-0.3, -0.25) is 10.1 Å². The highest BCUT2D eigenvalue weighted by atomic mass is 32.2. The van der Waals surface area contributed by atoms with Gasteiger partial charge < -0.3 is 5.32 Å². The topological polar surface area (TPSA) is 99.8 Å². The molecule has 2 rings (SSSR count). The average molecular weight is 309 g/mol. The third-order valence-corrected chi connectivity index (χ3v) is 4.60.